The summed E-state index contributed by atoms with van der Waals surface area (Å²) in [5.41, 5.74) is 0.571. The number of nitrogens with one attached hydrogen (secondary N) is 2. The minimum atomic E-state index is -0.855. The average molecular weight is 351 g/mol. The number of likely N-dealkylation sites (N-methyl/N-ethyl adjacent to an activating group) is 1. The van der Waals surface area contributed by atoms with Gasteiger partial charge >= 0.3 is 6.03 Å². The molecule has 2 rings (SSSR count). The molecule has 0 fully saturated rings. The van der Waals surface area contributed by atoms with E-state index in [4.69, 9.17) is 0 Å². The van der Waals surface area contributed by atoms with E-state index >= 15 is 0 Å². The zero-order valence-electron chi connectivity index (χ0n) is 13.3. The maximum Gasteiger partial charge on any atom is 0.317 e. The van der Waals surface area contributed by atoms with Crippen LogP contribution in [0, 0.1) is 0 Å². The Hall–Kier alpha value is -2.26. The topological polar surface area (TPSA) is 114 Å². The van der Waals surface area contributed by atoms with Crippen LogP contribution in [0.3, 0.4) is 0 Å². The van der Waals surface area contributed by atoms with Crippen LogP contribution in [0.15, 0.2) is 35.7 Å². The molecule has 1 atom stereocenters. The molecule has 0 radical (unpaired) electrons. The van der Waals surface area contributed by atoms with Crippen molar-refractivity contribution in [3.63, 3.8) is 0 Å². The van der Waals surface area contributed by atoms with Crippen molar-refractivity contribution in [2.24, 2.45) is 0 Å². The zero-order chi connectivity index (χ0) is 17.4. The normalized spacial score (nSPS) is 11.9. The Bertz CT molecular complexity index is 638. The van der Waals surface area contributed by atoms with Gasteiger partial charge in [0, 0.05) is 18.8 Å². The van der Waals surface area contributed by atoms with Crippen molar-refractivity contribution in [3.8, 4) is 5.75 Å². The Balaban J connectivity index is 1.78. The van der Waals surface area contributed by atoms with Gasteiger partial charge in [0.15, 0.2) is 5.16 Å². The highest BCUT2D eigenvalue weighted by Crippen LogP contribution is 2.19. The predicted octanol–water partition coefficient (Wildman–Crippen LogP) is 1.37. The molecule has 0 bridgehead atoms. The van der Waals surface area contributed by atoms with E-state index in [9.17, 15) is 15.0 Å². The van der Waals surface area contributed by atoms with E-state index in [-0.39, 0.29) is 18.3 Å². The Kier molecular flexibility index (Phi) is 6.89. The quantitative estimate of drug-likeness (QED) is 0.422. The molecular weight excluding hydrogens is 330 g/mol. The lowest BCUT2D eigenvalue weighted by Crippen LogP contribution is -2.42. The standard InChI is InChI=1S/C15H21N5O3S/c1-2-20(9-13(22)11-4-3-5-12(21)8-11)15(23)16-6-7-24-14-17-10-18-19-14/h3-5,8,10,13,21-22H,2,6-7,9H2,1H3,(H,16,23)(H,17,18,19). The molecule has 0 saturated carbocycles. The van der Waals surface area contributed by atoms with Gasteiger partial charge in [-0.2, -0.15) is 5.10 Å². The Labute approximate surface area is 144 Å². The maximum atomic E-state index is 12.2. The number of hydrogen-bond donors (Lipinski definition) is 4. The highest BCUT2D eigenvalue weighted by molar-refractivity contribution is 7.99. The molecule has 0 saturated heterocycles. The third-order valence-corrected chi connectivity index (χ3v) is 4.21. The number of urea groups is 1. The van der Waals surface area contributed by atoms with E-state index in [0.29, 0.717) is 29.6 Å². The number of aliphatic hydroxyl groups excluding tert-OH is 1. The second-order valence-corrected chi connectivity index (χ2v) is 6.10. The summed E-state index contributed by atoms with van der Waals surface area (Å²) in [5.74, 6) is 0.747. The molecule has 4 N–H and O–H groups in total. The van der Waals surface area contributed by atoms with Crippen molar-refractivity contribution < 1.29 is 15.0 Å². The van der Waals surface area contributed by atoms with Gasteiger partial charge in [-0.15, -0.1) is 0 Å². The first-order valence-electron chi connectivity index (χ1n) is 7.58. The number of carbonyl (C=O) groups excluding carboxylic acids is 1. The van der Waals surface area contributed by atoms with Gasteiger partial charge in [-0.1, -0.05) is 23.9 Å². The summed E-state index contributed by atoms with van der Waals surface area (Å²) in [6, 6.07) is 6.15. The monoisotopic (exact) mass is 351 g/mol. The number of rotatable bonds is 8. The van der Waals surface area contributed by atoms with E-state index in [1.165, 1.54) is 35.1 Å². The summed E-state index contributed by atoms with van der Waals surface area (Å²) < 4.78 is 0. The van der Waals surface area contributed by atoms with E-state index in [1.807, 2.05) is 6.92 Å². The number of nitrogens with zero attached hydrogens (tertiary/aromatic N) is 3. The molecule has 1 unspecified atom stereocenters. The van der Waals surface area contributed by atoms with Gasteiger partial charge < -0.3 is 20.4 Å². The van der Waals surface area contributed by atoms with Crippen molar-refractivity contribution in [1.29, 1.82) is 0 Å². The van der Waals surface area contributed by atoms with Gasteiger partial charge in [0.05, 0.1) is 12.6 Å². The van der Waals surface area contributed by atoms with Gasteiger partial charge in [-0.3, -0.25) is 5.10 Å². The summed E-state index contributed by atoms with van der Waals surface area (Å²) in [6.07, 6.45) is 0.578. The summed E-state index contributed by atoms with van der Waals surface area (Å²) in [7, 11) is 0. The molecular formula is C15H21N5O3S. The molecule has 0 aliphatic carbocycles. The lowest BCUT2D eigenvalue weighted by Gasteiger charge is -2.24. The molecule has 2 aromatic rings. The molecule has 0 aliphatic rings. The number of phenols is 1. The summed E-state index contributed by atoms with van der Waals surface area (Å²) in [4.78, 5) is 17.7. The fourth-order valence-electron chi connectivity index (χ4n) is 2.08. The van der Waals surface area contributed by atoms with E-state index in [0.717, 1.165) is 0 Å². The van der Waals surface area contributed by atoms with Crippen LogP contribution >= 0.6 is 11.8 Å². The van der Waals surface area contributed by atoms with Gasteiger partial charge in [-0.25, -0.2) is 9.78 Å². The van der Waals surface area contributed by atoms with Crippen LogP contribution in [0.4, 0.5) is 4.79 Å². The van der Waals surface area contributed by atoms with Crippen molar-refractivity contribution in [1.82, 2.24) is 25.4 Å². The number of aromatic amines is 1. The number of benzene rings is 1. The second kappa shape index (κ2) is 9.14. The Morgan fingerprint density at radius 3 is 3.00 bits per heavy atom. The third kappa shape index (κ3) is 5.43. The summed E-state index contributed by atoms with van der Waals surface area (Å²) in [6.45, 7) is 2.94. The van der Waals surface area contributed by atoms with E-state index in [1.54, 1.807) is 12.1 Å². The molecule has 1 aromatic carbocycles. The first-order valence-corrected chi connectivity index (χ1v) is 8.56. The smallest absolute Gasteiger partial charge is 0.317 e. The molecule has 2 amide bonds. The number of aromatic hydroxyl groups is 1. The first-order chi connectivity index (χ1) is 11.6. The van der Waals surface area contributed by atoms with Crippen molar-refractivity contribution >= 4 is 17.8 Å². The number of hydrogen-bond acceptors (Lipinski definition) is 6. The number of phenolic OH excluding ortho intramolecular Hbond substituents is 1. The zero-order valence-corrected chi connectivity index (χ0v) is 14.2. The fourth-order valence-corrected chi connectivity index (χ4v) is 2.72. The van der Waals surface area contributed by atoms with Crippen LogP contribution in [0.5, 0.6) is 5.75 Å². The van der Waals surface area contributed by atoms with Crippen LogP contribution in [0.1, 0.15) is 18.6 Å². The van der Waals surface area contributed by atoms with Crippen molar-refractivity contribution in [3.05, 3.63) is 36.2 Å². The largest absolute Gasteiger partial charge is 0.508 e. The molecule has 1 heterocycles. The lowest BCUT2D eigenvalue weighted by molar-refractivity contribution is 0.123. The molecule has 9 heteroatoms. The fraction of sp³-hybridized carbons (Fsp3) is 0.400. The Morgan fingerprint density at radius 1 is 1.50 bits per heavy atom. The van der Waals surface area contributed by atoms with Gasteiger partial charge in [0.25, 0.3) is 0 Å². The van der Waals surface area contributed by atoms with Crippen LogP contribution in [-0.2, 0) is 0 Å². The van der Waals surface area contributed by atoms with E-state index in [2.05, 4.69) is 20.5 Å². The maximum absolute atomic E-state index is 12.2. The third-order valence-electron chi connectivity index (χ3n) is 3.33. The van der Waals surface area contributed by atoms with Crippen LogP contribution in [0.2, 0.25) is 0 Å². The van der Waals surface area contributed by atoms with E-state index < -0.39 is 6.10 Å². The second-order valence-electron chi connectivity index (χ2n) is 5.02. The van der Waals surface area contributed by atoms with Crippen LogP contribution in [0.25, 0.3) is 0 Å². The first kappa shape index (κ1) is 18.1. The molecule has 24 heavy (non-hydrogen) atoms. The SMILES string of the molecule is CCN(CC(O)c1cccc(O)c1)C(=O)NCCSc1ncn[nH]1. The predicted molar refractivity (Wildman–Crippen MR) is 90.8 cm³/mol. The number of amides is 2. The minimum Gasteiger partial charge on any atom is -0.508 e. The molecule has 1 aromatic heterocycles. The van der Waals surface area contributed by atoms with Crippen LogP contribution in [-0.4, -0.2) is 61.7 Å². The van der Waals surface area contributed by atoms with Crippen molar-refractivity contribution in [2.75, 3.05) is 25.4 Å². The lowest BCUT2D eigenvalue weighted by atomic mass is 10.1. The van der Waals surface area contributed by atoms with Gasteiger partial charge in [0.1, 0.15) is 12.1 Å². The highest BCUT2D eigenvalue weighted by atomic mass is 32.2. The van der Waals surface area contributed by atoms with Gasteiger partial charge in [-0.05, 0) is 24.6 Å². The number of aromatic nitrogens is 3. The number of carbonyl (C=O) groups is 1. The average Bonchev–Trinajstić information content (AvgIpc) is 3.09. The molecule has 8 nitrogen and oxygen atoms in total. The van der Waals surface area contributed by atoms with Crippen LogP contribution < -0.4 is 5.32 Å². The number of aliphatic hydroxyl groups is 1. The number of H-pyrrole nitrogens is 1. The minimum absolute atomic E-state index is 0.0866. The number of thioether (sulfide) groups is 1. The molecule has 0 spiro atoms. The highest BCUT2D eigenvalue weighted by Gasteiger charge is 2.17. The van der Waals surface area contributed by atoms with Gasteiger partial charge in [0.2, 0.25) is 0 Å². The summed E-state index contributed by atoms with van der Waals surface area (Å²) in [5, 5.41) is 29.7. The molecule has 0 aliphatic heterocycles. The summed E-state index contributed by atoms with van der Waals surface area (Å²) >= 11 is 1.46. The Morgan fingerprint density at radius 2 is 2.33 bits per heavy atom. The van der Waals surface area contributed by atoms with Crippen molar-refractivity contribution in [2.45, 2.75) is 18.2 Å². The molecule has 130 valence electrons.